The molecular weight excluding hydrogens is 728 g/mol. The molecule has 8 N–H and O–H groups in total. The van der Waals surface area contributed by atoms with Crippen molar-refractivity contribution in [3.63, 3.8) is 0 Å². The Kier molecular flexibility index (Phi) is 16.2. The molecule has 2 aliphatic rings. The van der Waals surface area contributed by atoms with Crippen LogP contribution in [0.2, 0.25) is 0 Å². The van der Waals surface area contributed by atoms with E-state index in [4.69, 9.17) is 5.73 Å². The third-order valence-electron chi connectivity index (χ3n) is 9.81. The molecule has 1 saturated heterocycles. The molecule has 18 heteroatoms. The lowest BCUT2D eigenvalue weighted by atomic mass is 9.83. The number of rotatable bonds is 17. The van der Waals surface area contributed by atoms with Crippen LogP contribution in [0.3, 0.4) is 0 Å². The quantitative estimate of drug-likeness (QED) is 0.100. The molecule has 0 unspecified atom stereocenters. The van der Waals surface area contributed by atoms with Crippen molar-refractivity contribution in [2.24, 2.45) is 17.1 Å². The number of likely N-dealkylation sites (N-methyl/N-ethyl adjacent to an activating group) is 1. The Morgan fingerprint density at radius 3 is 2.27 bits per heavy atom. The fourth-order valence-corrected chi connectivity index (χ4v) is 6.64. The second-order valence-corrected chi connectivity index (χ2v) is 15.3. The normalized spacial score (nSPS) is 18.3. The zero-order chi connectivity index (χ0) is 41.7. The van der Waals surface area contributed by atoms with Gasteiger partial charge in [-0.15, -0.1) is 0 Å². The zero-order valence-corrected chi connectivity index (χ0v) is 32.5. The Morgan fingerprint density at radius 1 is 0.982 bits per heavy atom. The molecule has 0 radical (unpaired) electrons. The molecule has 7 amide bonds. The fourth-order valence-electron chi connectivity index (χ4n) is 6.64. The van der Waals surface area contributed by atoms with E-state index >= 15 is 0 Å². The van der Waals surface area contributed by atoms with Gasteiger partial charge < -0.3 is 42.3 Å². The van der Waals surface area contributed by atoms with Gasteiger partial charge in [0.15, 0.2) is 5.78 Å². The largest absolute Gasteiger partial charge is 0.478 e. The number of hydrogen-bond donors (Lipinski definition) is 7. The van der Waals surface area contributed by atoms with Crippen molar-refractivity contribution in [1.82, 2.24) is 36.5 Å². The van der Waals surface area contributed by atoms with Crippen LogP contribution in [0.5, 0.6) is 0 Å². The maximum atomic E-state index is 14.3. The molecule has 1 aliphatic heterocycles. The van der Waals surface area contributed by atoms with Crippen molar-refractivity contribution >= 4 is 53.1 Å². The molecule has 2 fully saturated rings. The second kappa shape index (κ2) is 20.3. The lowest BCUT2D eigenvalue weighted by molar-refractivity contribution is -0.145. The number of carboxylic acids is 1. The van der Waals surface area contributed by atoms with Gasteiger partial charge in [-0.2, -0.15) is 0 Å². The van der Waals surface area contributed by atoms with Crippen LogP contribution in [0.4, 0.5) is 0 Å². The van der Waals surface area contributed by atoms with Crippen molar-refractivity contribution in [3.8, 4) is 0 Å². The number of nitrogens with zero attached hydrogens (tertiary/aromatic N) is 2. The predicted octanol–water partition coefficient (Wildman–Crippen LogP) is -0.354. The van der Waals surface area contributed by atoms with E-state index in [1.54, 1.807) is 20.8 Å². The van der Waals surface area contributed by atoms with Gasteiger partial charge in [0.1, 0.15) is 30.2 Å². The van der Waals surface area contributed by atoms with Crippen molar-refractivity contribution in [2.45, 2.75) is 116 Å². The van der Waals surface area contributed by atoms with Crippen molar-refractivity contribution in [1.29, 1.82) is 0 Å². The third-order valence-corrected chi connectivity index (χ3v) is 9.81. The highest BCUT2D eigenvalue weighted by Gasteiger charge is 2.46. The van der Waals surface area contributed by atoms with Crippen molar-refractivity contribution in [3.05, 3.63) is 41.7 Å². The topological polar surface area (TPSA) is 276 Å². The lowest BCUT2D eigenvalue weighted by Gasteiger charge is -2.36. The first-order valence-electron chi connectivity index (χ1n) is 18.7. The number of Topliss-reactive ketones (excluding diaryl/α,β-unsaturated/α-hetero) is 1. The summed E-state index contributed by atoms with van der Waals surface area (Å²) in [4.78, 5) is 121. The van der Waals surface area contributed by atoms with Gasteiger partial charge in [-0.1, -0.05) is 46.1 Å². The standard InChI is InChI=1S/C38H54N8O10/c1-21(32(39)50)42-35(53)30(23-11-7-6-8-12-23)44-34(52)27-17-25(47)20-46(27)36(54)31(38(2,3)4)45-33(51)26(13-9-10-14-28(48)40-5)43-29(49)16-22-15-24(37(55)56)19-41-18-22/h10,14-15,18-19,21,23,26-27,30-31H,6-9,11-13,16-17,20H2,1-5H3,(H2,39,50)(H,40,48)(H,42,53)(H,43,49)(H,44,52)(H,45,51)(H,55,56)/b14-10+/t21-,26-,27-,30-,31+/m0/s1. The Morgan fingerprint density at radius 2 is 1.66 bits per heavy atom. The molecule has 0 bridgehead atoms. The zero-order valence-electron chi connectivity index (χ0n) is 32.5. The highest BCUT2D eigenvalue weighted by Crippen LogP contribution is 2.29. The number of carbonyl (C=O) groups excluding carboxylic acids is 8. The van der Waals surface area contributed by atoms with Crippen LogP contribution in [0.15, 0.2) is 30.6 Å². The Hall–Kier alpha value is -5.68. The van der Waals surface area contributed by atoms with E-state index in [1.807, 2.05) is 0 Å². The summed E-state index contributed by atoms with van der Waals surface area (Å²) in [6.07, 6.45) is 8.62. The number of hydrogen-bond acceptors (Lipinski definition) is 10. The van der Waals surface area contributed by atoms with E-state index in [9.17, 15) is 48.3 Å². The van der Waals surface area contributed by atoms with Crippen molar-refractivity contribution in [2.75, 3.05) is 13.6 Å². The first kappa shape index (κ1) is 44.7. The van der Waals surface area contributed by atoms with Crippen LogP contribution in [0, 0.1) is 11.3 Å². The second-order valence-electron chi connectivity index (χ2n) is 15.3. The monoisotopic (exact) mass is 782 g/mol. The van der Waals surface area contributed by atoms with Gasteiger partial charge in [0.25, 0.3) is 0 Å². The number of primary amides is 1. The van der Waals surface area contributed by atoms with Crippen LogP contribution >= 0.6 is 0 Å². The molecule has 18 nitrogen and oxygen atoms in total. The average molecular weight is 783 g/mol. The van der Waals surface area contributed by atoms with Crippen LogP contribution in [-0.2, 0) is 44.8 Å². The summed E-state index contributed by atoms with van der Waals surface area (Å²) in [7, 11) is 1.45. The summed E-state index contributed by atoms with van der Waals surface area (Å²) in [6, 6.07) is -4.62. The minimum absolute atomic E-state index is 0.00421. The van der Waals surface area contributed by atoms with Gasteiger partial charge in [-0.05, 0) is 61.6 Å². The SMILES string of the molecule is CNC(=O)/C=C/CC[C@H](NC(=O)Cc1cncc(C(=O)O)c1)C(=O)N[C@H](C(=O)N1CC(=O)C[C@H]1C(=O)N[C@H](C(=O)N[C@@H](C)C(N)=O)C1CCCCC1)C(C)(C)C. The lowest BCUT2D eigenvalue weighted by Crippen LogP contribution is -2.61. The van der Waals surface area contributed by atoms with E-state index in [-0.39, 0.29) is 48.6 Å². The number of aromatic nitrogens is 1. The van der Waals surface area contributed by atoms with Crippen LogP contribution < -0.4 is 32.3 Å². The van der Waals surface area contributed by atoms with Gasteiger partial charge in [0, 0.05) is 25.9 Å². The van der Waals surface area contributed by atoms with Gasteiger partial charge in [0.2, 0.25) is 41.4 Å². The Balaban J connectivity index is 1.85. The number of nitrogens with two attached hydrogens (primary N) is 1. The number of aromatic carboxylic acids is 1. The summed E-state index contributed by atoms with van der Waals surface area (Å²) in [5, 5.41) is 22.4. The van der Waals surface area contributed by atoms with E-state index < -0.39 is 89.4 Å². The molecule has 2 heterocycles. The molecule has 306 valence electrons. The Bertz CT molecular complexity index is 1700. The smallest absolute Gasteiger partial charge is 0.337 e. The van der Waals surface area contributed by atoms with E-state index in [2.05, 4.69) is 31.6 Å². The summed E-state index contributed by atoms with van der Waals surface area (Å²) < 4.78 is 0. The van der Waals surface area contributed by atoms with Crippen LogP contribution in [0.25, 0.3) is 0 Å². The number of carboxylic acid groups (broad SMARTS) is 1. The van der Waals surface area contributed by atoms with Gasteiger partial charge in [-0.25, -0.2) is 4.79 Å². The maximum Gasteiger partial charge on any atom is 0.337 e. The molecule has 1 aromatic rings. The van der Waals surface area contributed by atoms with Gasteiger partial charge in [0.05, 0.1) is 18.5 Å². The number of pyridine rings is 1. The fraction of sp³-hybridized carbons (Fsp3) is 0.579. The molecular formula is C38H54N8O10. The number of nitrogens with one attached hydrogen (secondary N) is 5. The van der Waals surface area contributed by atoms with Crippen molar-refractivity contribution < 1.29 is 48.3 Å². The predicted molar refractivity (Wildman–Crippen MR) is 201 cm³/mol. The third kappa shape index (κ3) is 13.0. The van der Waals surface area contributed by atoms with Gasteiger partial charge in [-0.3, -0.25) is 43.3 Å². The van der Waals surface area contributed by atoms with Gasteiger partial charge >= 0.3 is 5.97 Å². The summed E-state index contributed by atoms with van der Waals surface area (Å²) in [5.41, 5.74) is 4.51. The molecule has 1 aromatic heterocycles. The van der Waals surface area contributed by atoms with E-state index in [0.29, 0.717) is 12.8 Å². The number of carbonyl (C=O) groups is 9. The average Bonchev–Trinajstić information content (AvgIpc) is 3.54. The summed E-state index contributed by atoms with van der Waals surface area (Å²) in [5.74, 6) is -6.54. The molecule has 0 spiro atoms. The molecule has 0 aromatic carbocycles. The highest BCUT2D eigenvalue weighted by atomic mass is 16.4. The molecule has 3 rings (SSSR count). The molecule has 1 saturated carbocycles. The summed E-state index contributed by atoms with van der Waals surface area (Å²) in [6.45, 7) is 6.02. The van der Waals surface area contributed by atoms with E-state index in [0.717, 1.165) is 30.4 Å². The van der Waals surface area contributed by atoms with Crippen LogP contribution in [-0.4, -0.2) is 112 Å². The number of amides is 7. The number of ketones is 1. The Labute approximate surface area is 325 Å². The highest BCUT2D eigenvalue weighted by molar-refractivity contribution is 6.02. The number of allylic oxidation sites excluding steroid dienone is 1. The van der Waals surface area contributed by atoms with E-state index in [1.165, 1.54) is 38.4 Å². The first-order valence-corrected chi connectivity index (χ1v) is 18.7. The van der Waals surface area contributed by atoms with Crippen LogP contribution in [0.1, 0.15) is 95.0 Å². The number of likely N-dealkylation sites (tertiary alicyclic amines) is 1. The maximum absolute atomic E-state index is 14.3. The molecule has 1 aliphatic carbocycles. The minimum Gasteiger partial charge on any atom is -0.478 e. The first-order chi connectivity index (χ1) is 26.3. The summed E-state index contributed by atoms with van der Waals surface area (Å²) >= 11 is 0. The minimum atomic E-state index is -1.30. The molecule has 5 atom stereocenters. The molecule has 56 heavy (non-hydrogen) atoms.